The predicted octanol–water partition coefficient (Wildman–Crippen LogP) is 2.69. The number of ether oxygens (including phenoxy) is 1. The molecule has 3 N–H and O–H groups in total. The van der Waals surface area contributed by atoms with Crippen molar-refractivity contribution >= 4 is 11.5 Å². The third kappa shape index (κ3) is 4.32. The molecule has 0 spiro atoms. The molecule has 1 saturated heterocycles. The molecule has 4 rings (SSSR count). The average molecular weight is 497 g/mol. The van der Waals surface area contributed by atoms with Crippen molar-refractivity contribution in [3.05, 3.63) is 35.4 Å². The lowest BCUT2D eigenvalue weighted by atomic mass is 10.0. The van der Waals surface area contributed by atoms with Gasteiger partial charge < -0.3 is 20.5 Å². The van der Waals surface area contributed by atoms with Crippen molar-refractivity contribution in [2.75, 3.05) is 25.5 Å². The predicted molar refractivity (Wildman–Crippen MR) is 113 cm³/mol. The van der Waals surface area contributed by atoms with Gasteiger partial charge in [0.15, 0.2) is 11.5 Å². The Labute approximate surface area is 195 Å². The monoisotopic (exact) mass is 497 g/mol. The number of pyridine rings is 1. The number of anilines is 1. The van der Waals surface area contributed by atoms with Gasteiger partial charge in [-0.1, -0.05) is 0 Å². The maximum absolute atomic E-state index is 15.0. The summed E-state index contributed by atoms with van der Waals surface area (Å²) in [7, 11) is 1.10. The van der Waals surface area contributed by atoms with Crippen LogP contribution in [0.5, 0.6) is 5.75 Å². The average Bonchev–Trinajstić information content (AvgIpc) is 3.22. The van der Waals surface area contributed by atoms with E-state index < -0.39 is 41.2 Å². The van der Waals surface area contributed by atoms with Gasteiger partial charge in [-0.2, -0.15) is 23.5 Å². The molecule has 1 unspecified atom stereocenters. The van der Waals surface area contributed by atoms with E-state index in [1.54, 1.807) is 6.07 Å². The first-order valence-electron chi connectivity index (χ1n) is 10.4. The maximum atomic E-state index is 15.0. The molecule has 3 atom stereocenters. The Morgan fingerprint density at radius 1 is 1.34 bits per heavy atom. The van der Waals surface area contributed by atoms with E-state index in [2.05, 4.69) is 25.7 Å². The van der Waals surface area contributed by atoms with Gasteiger partial charge in [0.2, 0.25) is 5.60 Å². The van der Waals surface area contributed by atoms with E-state index >= 15 is 0 Å². The van der Waals surface area contributed by atoms with E-state index in [1.807, 2.05) is 0 Å². The summed E-state index contributed by atoms with van der Waals surface area (Å²) in [6, 6.07) is 3.04. The molecule has 0 bridgehead atoms. The van der Waals surface area contributed by atoms with Gasteiger partial charge in [-0.15, -0.1) is 0 Å². The zero-order valence-corrected chi connectivity index (χ0v) is 18.5. The molecule has 0 radical (unpaired) electrons. The van der Waals surface area contributed by atoms with Crippen LogP contribution in [0.25, 0.3) is 17.0 Å². The molecule has 0 saturated carbocycles. The molecule has 9 nitrogen and oxygen atoms in total. The quantitative estimate of drug-likeness (QED) is 0.461. The van der Waals surface area contributed by atoms with Crippen LogP contribution in [0.15, 0.2) is 18.3 Å². The number of nitrogens with zero attached hydrogens (tertiary/aromatic N) is 5. The molecule has 0 aromatic carbocycles. The summed E-state index contributed by atoms with van der Waals surface area (Å²) in [6.45, 7) is 1.23. The summed E-state index contributed by atoms with van der Waals surface area (Å²) in [5, 5.41) is 29.3. The van der Waals surface area contributed by atoms with E-state index in [-0.39, 0.29) is 41.4 Å². The SMILES string of the molecule is COc1cc2ncc(-c3nc(NC4CNCC[C@H]4F)c(C#N)cc3F)n2nc1[C@@](C)(O)C(F)(F)F. The zero-order chi connectivity index (χ0) is 25.5. The Hall–Kier alpha value is -3.57. The summed E-state index contributed by atoms with van der Waals surface area (Å²) >= 11 is 0. The van der Waals surface area contributed by atoms with E-state index in [0.29, 0.717) is 13.5 Å². The fraction of sp³-hybridized carbons (Fsp3) is 0.429. The highest BCUT2D eigenvalue weighted by Crippen LogP contribution is 2.41. The van der Waals surface area contributed by atoms with Crippen molar-refractivity contribution in [3.63, 3.8) is 0 Å². The molecule has 4 heterocycles. The summed E-state index contributed by atoms with van der Waals surface area (Å²) in [6.07, 6.45) is -4.99. The highest BCUT2D eigenvalue weighted by atomic mass is 19.4. The number of piperidine rings is 1. The minimum atomic E-state index is -5.10. The topological polar surface area (TPSA) is 120 Å². The third-order valence-corrected chi connectivity index (χ3v) is 5.75. The number of halogens is 5. The van der Waals surface area contributed by atoms with Crippen molar-refractivity contribution in [2.45, 2.75) is 37.3 Å². The van der Waals surface area contributed by atoms with Crippen molar-refractivity contribution < 1.29 is 31.8 Å². The standard InChI is InChI=1S/C21H20F5N7O2/c1-20(34,21(24,25)26)18-15(35-2)6-16-29-9-14(33(16)32-18)17-12(23)5-10(7-27)19(31-17)30-13-8-28-4-3-11(13)22/h5-6,9,11,13,28,34H,3-4,8H2,1-2H3,(H,30,31)/t11-,13?,20-/m1/s1. The number of imidazole rings is 1. The maximum Gasteiger partial charge on any atom is 0.422 e. The Kier molecular flexibility index (Phi) is 6.24. The molecular formula is C21H20F5N7O2. The van der Waals surface area contributed by atoms with Gasteiger partial charge in [0.1, 0.15) is 40.9 Å². The number of rotatable bonds is 5. The molecule has 0 amide bonds. The van der Waals surface area contributed by atoms with E-state index in [1.165, 1.54) is 0 Å². The molecule has 186 valence electrons. The largest absolute Gasteiger partial charge is 0.495 e. The number of fused-ring (bicyclic) bond motifs is 1. The van der Waals surface area contributed by atoms with Crippen molar-refractivity contribution in [2.24, 2.45) is 0 Å². The highest BCUT2D eigenvalue weighted by molar-refractivity contribution is 5.66. The van der Waals surface area contributed by atoms with Crippen LogP contribution >= 0.6 is 0 Å². The first kappa shape index (κ1) is 24.6. The number of hydrogen-bond donors (Lipinski definition) is 3. The lowest BCUT2D eigenvalue weighted by Crippen LogP contribution is -2.46. The number of aliphatic hydroxyl groups is 1. The van der Waals surface area contributed by atoms with Gasteiger partial charge in [-0.05, 0) is 26.0 Å². The second-order valence-corrected chi connectivity index (χ2v) is 8.13. The zero-order valence-electron chi connectivity index (χ0n) is 18.5. The van der Waals surface area contributed by atoms with Crippen LogP contribution < -0.4 is 15.4 Å². The van der Waals surface area contributed by atoms with Gasteiger partial charge in [0.25, 0.3) is 0 Å². The van der Waals surface area contributed by atoms with Crippen molar-refractivity contribution in [1.82, 2.24) is 24.9 Å². The summed E-state index contributed by atoms with van der Waals surface area (Å²) < 4.78 is 75.7. The molecule has 1 aliphatic heterocycles. The first-order chi connectivity index (χ1) is 16.5. The Bertz CT molecular complexity index is 1300. The van der Waals surface area contributed by atoms with E-state index in [4.69, 9.17) is 4.74 Å². The molecule has 1 fully saturated rings. The molecule has 3 aromatic heterocycles. The van der Waals surface area contributed by atoms with Crippen LogP contribution in [0, 0.1) is 17.1 Å². The molecule has 35 heavy (non-hydrogen) atoms. The molecule has 0 aliphatic carbocycles. The third-order valence-electron chi connectivity index (χ3n) is 5.75. The van der Waals surface area contributed by atoms with Crippen molar-refractivity contribution in [1.29, 1.82) is 5.26 Å². The first-order valence-corrected chi connectivity index (χ1v) is 10.4. The highest BCUT2D eigenvalue weighted by Gasteiger charge is 2.54. The van der Waals surface area contributed by atoms with Gasteiger partial charge in [-0.3, -0.25) is 0 Å². The fourth-order valence-electron chi connectivity index (χ4n) is 3.69. The number of hydrogen-bond acceptors (Lipinski definition) is 8. The lowest BCUT2D eigenvalue weighted by molar-refractivity contribution is -0.261. The van der Waals surface area contributed by atoms with Crippen molar-refractivity contribution in [3.8, 4) is 23.2 Å². The molecule has 3 aromatic rings. The summed E-state index contributed by atoms with van der Waals surface area (Å²) in [5.41, 5.74) is -5.03. The Morgan fingerprint density at radius 2 is 2.09 bits per heavy atom. The van der Waals surface area contributed by atoms with Gasteiger partial charge >= 0.3 is 6.18 Å². The summed E-state index contributed by atoms with van der Waals surface area (Å²) in [4.78, 5) is 8.15. The van der Waals surface area contributed by atoms with Crippen LogP contribution in [0.2, 0.25) is 0 Å². The summed E-state index contributed by atoms with van der Waals surface area (Å²) in [5.74, 6) is -1.47. The number of nitriles is 1. The van der Waals surface area contributed by atoms with Gasteiger partial charge in [-0.25, -0.2) is 23.3 Å². The van der Waals surface area contributed by atoms with E-state index in [9.17, 15) is 32.3 Å². The van der Waals surface area contributed by atoms with Crippen LogP contribution in [0.4, 0.5) is 27.8 Å². The molecule has 1 aliphatic rings. The Balaban J connectivity index is 1.86. The fourth-order valence-corrected chi connectivity index (χ4v) is 3.69. The van der Waals surface area contributed by atoms with Gasteiger partial charge in [0.05, 0.1) is 24.9 Å². The lowest BCUT2D eigenvalue weighted by Gasteiger charge is -2.28. The molecular weight excluding hydrogens is 477 g/mol. The molecule has 14 heteroatoms. The van der Waals surface area contributed by atoms with Crippen LogP contribution in [-0.4, -0.2) is 63.3 Å². The Morgan fingerprint density at radius 3 is 2.71 bits per heavy atom. The second kappa shape index (κ2) is 8.90. The number of nitrogens with one attached hydrogen (secondary N) is 2. The van der Waals surface area contributed by atoms with E-state index in [0.717, 1.165) is 30.0 Å². The van der Waals surface area contributed by atoms with Crippen LogP contribution in [0.3, 0.4) is 0 Å². The second-order valence-electron chi connectivity index (χ2n) is 8.13. The minimum absolute atomic E-state index is 0.0149. The number of alkyl halides is 4. The van der Waals surface area contributed by atoms with Gasteiger partial charge in [0, 0.05) is 12.6 Å². The normalized spacial score (nSPS) is 20.3. The minimum Gasteiger partial charge on any atom is -0.495 e. The number of methoxy groups -OCH3 is 1. The smallest absolute Gasteiger partial charge is 0.422 e. The van der Waals surface area contributed by atoms with Crippen LogP contribution in [0.1, 0.15) is 24.6 Å². The number of aromatic nitrogens is 4. The van der Waals surface area contributed by atoms with Crippen LogP contribution in [-0.2, 0) is 5.60 Å².